The number of sulfone groups is 1. The molecule has 0 spiro atoms. The molecule has 1 saturated heterocycles. The van der Waals surface area contributed by atoms with Gasteiger partial charge in [0.1, 0.15) is 0 Å². The summed E-state index contributed by atoms with van der Waals surface area (Å²) in [4.78, 5) is 4.86. The maximum Gasteiger partial charge on any atom is 0.177 e. The highest BCUT2D eigenvalue weighted by Gasteiger charge is 2.19. The quantitative estimate of drug-likeness (QED) is 0.639. The molecule has 0 radical (unpaired) electrons. The van der Waals surface area contributed by atoms with Gasteiger partial charge < -0.3 is 24.6 Å². The molecule has 1 aliphatic rings. The second-order valence-corrected chi connectivity index (χ2v) is 10.1. The standard InChI is InChI=1S/C22H30ClN3O4S/c1-25-9-11-26(12-10-25)18-5-6-21(31(4,27)28)19(15-18)24-8-7-16-13-17(23)14-20(29-2)22(16)30-3/h5-6,13-15,24H,7-12H2,1-4H3. The molecule has 9 heteroatoms. The molecular weight excluding hydrogens is 438 g/mol. The van der Waals surface area contributed by atoms with Gasteiger partial charge in [0.25, 0.3) is 0 Å². The molecule has 170 valence electrons. The number of rotatable bonds is 8. The van der Waals surface area contributed by atoms with Crippen molar-refractivity contribution in [1.82, 2.24) is 4.90 Å². The smallest absolute Gasteiger partial charge is 0.177 e. The number of hydrogen-bond acceptors (Lipinski definition) is 7. The fraction of sp³-hybridized carbons (Fsp3) is 0.455. The maximum absolute atomic E-state index is 12.3. The molecule has 0 saturated carbocycles. The average molecular weight is 468 g/mol. The molecule has 1 N–H and O–H groups in total. The minimum Gasteiger partial charge on any atom is -0.493 e. The van der Waals surface area contributed by atoms with Gasteiger partial charge in [-0.3, -0.25) is 0 Å². The van der Waals surface area contributed by atoms with Crippen LogP contribution in [-0.2, 0) is 16.3 Å². The molecule has 3 rings (SSSR count). The summed E-state index contributed by atoms with van der Waals surface area (Å²) in [6.45, 7) is 4.29. The van der Waals surface area contributed by atoms with Gasteiger partial charge in [-0.25, -0.2) is 8.42 Å². The SMILES string of the molecule is COc1cc(Cl)cc(CCNc2cc(N3CCN(C)CC3)ccc2S(C)(=O)=O)c1OC. The van der Waals surface area contributed by atoms with Crippen molar-refractivity contribution in [2.24, 2.45) is 0 Å². The molecule has 0 aliphatic carbocycles. The van der Waals surface area contributed by atoms with Crippen molar-refractivity contribution in [2.45, 2.75) is 11.3 Å². The number of piperazine rings is 1. The lowest BCUT2D eigenvalue weighted by atomic mass is 10.1. The molecule has 0 bridgehead atoms. The Hall–Kier alpha value is -2.16. The Morgan fingerprint density at radius 3 is 2.39 bits per heavy atom. The number of methoxy groups -OCH3 is 2. The third kappa shape index (κ3) is 5.75. The third-order valence-corrected chi connectivity index (χ3v) is 6.83. The second kappa shape index (κ2) is 9.97. The van der Waals surface area contributed by atoms with Crippen LogP contribution in [0.1, 0.15) is 5.56 Å². The van der Waals surface area contributed by atoms with Crippen molar-refractivity contribution in [3.63, 3.8) is 0 Å². The number of nitrogens with zero attached hydrogens (tertiary/aromatic N) is 2. The number of anilines is 2. The van der Waals surface area contributed by atoms with Crippen LogP contribution >= 0.6 is 11.6 Å². The first-order valence-electron chi connectivity index (χ1n) is 10.1. The van der Waals surface area contributed by atoms with Gasteiger partial charge in [-0.2, -0.15) is 0 Å². The lowest BCUT2D eigenvalue weighted by Crippen LogP contribution is -2.44. The lowest BCUT2D eigenvalue weighted by Gasteiger charge is -2.34. The highest BCUT2D eigenvalue weighted by atomic mass is 35.5. The Morgan fingerprint density at radius 2 is 1.77 bits per heavy atom. The Kier molecular flexibility index (Phi) is 7.56. The van der Waals surface area contributed by atoms with Gasteiger partial charge in [0, 0.05) is 61.3 Å². The molecule has 2 aromatic rings. The van der Waals surface area contributed by atoms with Crippen LogP contribution in [0.2, 0.25) is 5.02 Å². The van der Waals surface area contributed by atoms with Crippen LogP contribution in [-0.4, -0.2) is 73.6 Å². The van der Waals surface area contributed by atoms with E-state index >= 15 is 0 Å². The minimum absolute atomic E-state index is 0.293. The summed E-state index contributed by atoms with van der Waals surface area (Å²) < 4.78 is 35.5. The van der Waals surface area contributed by atoms with Gasteiger partial charge >= 0.3 is 0 Å². The van der Waals surface area contributed by atoms with Crippen LogP contribution < -0.4 is 19.7 Å². The molecular formula is C22H30ClN3O4S. The molecule has 7 nitrogen and oxygen atoms in total. The van der Waals surface area contributed by atoms with Crippen LogP contribution in [0.5, 0.6) is 11.5 Å². The van der Waals surface area contributed by atoms with E-state index in [1.54, 1.807) is 26.4 Å². The highest BCUT2D eigenvalue weighted by molar-refractivity contribution is 7.90. The summed E-state index contributed by atoms with van der Waals surface area (Å²) in [5, 5.41) is 3.87. The van der Waals surface area contributed by atoms with Gasteiger partial charge in [0.05, 0.1) is 24.8 Å². The van der Waals surface area contributed by atoms with Crippen molar-refractivity contribution in [3.8, 4) is 11.5 Å². The van der Waals surface area contributed by atoms with Crippen molar-refractivity contribution >= 4 is 32.8 Å². The van der Waals surface area contributed by atoms with Crippen LogP contribution in [0.15, 0.2) is 35.2 Å². The monoisotopic (exact) mass is 467 g/mol. The van der Waals surface area contributed by atoms with Gasteiger partial charge in [0.2, 0.25) is 0 Å². The Morgan fingerprint density at radius 1 is 1.06 bits per heavy atom. The summed E-state index contributed by atoms with van der Waals surface area (Å²) >= 11 is 6.21. The van der Waals surface area contributed by atoms with E-state index in [1.165, 1.54) is 6.26 Å². The predicted molar refractivity (Wildman–Crippen MR) is 126 cm³/mol. The van der Waals surface area contributed by atoms with Crippen LogP contribution in [0.3, 0.4) is 0 Å². The molecule has 0 aromatic heterocycles. The van der Waals surface area contributed by atoms with E-state index in [9.17, 15) is 8.42 Å². The molecule has 1 aliphatic heterocycles. The van der Waals surface area contributed by atoms with Gasteiger partial charge in [-0.15, -0.1) is 0 Å². The van der Waals surface area contributed by atoms with Crippen molar-refractivity contribution in [2.75, 3.05) is 70.5 Å². The zero-order valence-electron chi connectivity index (χ0n) is 18.4. The number of halogens is 1. The molecule has 31 heavy (non-hydrogen) atoms. The van der Waals surface area contributed by atoms with E-state index in [1.807, 2.05) is 18.2 Å². The molecule has 1 heterocycles. The van der Waals surface area contributed by atoms with Crippen molar-refractivity contribution in [3.05, 3.63) is 40.9 Å². The second-order valence-electron chi connectivity index (χ2n) is 7.72. The summed E-state index contributed by atoms with van der Waals surface area (Å²) in [7, 11) is 1.89. The van der Waals surface area contributed by atoms with Gasteiger partial charge in [-0.05, 0) is 37.7 Å². The fourth-order valence-corrected chi connectivity index (χ4v) is 4.84. The Bertz CT molecular complexity index is 1020. The first-order valence-corrected chi connectivity index (χ1v) is 12.4. The molecule has 0 atom stereocenters. The predicted octanol–water partition coefficient (Wildman–Crippen LogP) is 3.17. The maximum atomic E-state index is 12.3. The summed E-state index contributed by atoms with van der Waals surface area (Å²) in [6.07, 6.45) is 1.82. The number of likely N-dealkylation sites (N-methyl/N-ethyl adjacent to an activating group) is 1. The Balaban J connectivity index is 1.82. The molecule has 2 aromatic carbocycles. The normalized spacial score (nSPS) is 15.1. The summed E-state index contributed by atoms with van der Waals surface area (Å²) in [5.41, 5.74) is 2.51. The summed E-state index contributed by atoms with van der Waals surface area (Å²) in [5.74, 6) is 1.20. The van der Waals surface area contributed by atoms with Crippen molar-refractivity contribution < 1.29 is 17.9 Å². The first kappa shape index (κ1) is 23.5. The molecule has 0 amide bonds. The lowest BCUT2D eigenvalue weighted by molar-refractivity contribution is 0.313. The van der Waals surface area contributed by atoms with Gasteiger partial charge in [-0.1, -0.05) is 11.6 Å². The van der Waals surface area contributed by atoms with E-state index < -0.39 is 9.84 Å². The van der Waals surface area contributed by atoms with Crippen LogP contribution in [0.4, 0.5) is 11.4 Å². The topological polar surface area (TPSA) is 71.1 Å². The minimum atomic E-state index is -3.37. The fourth-order valence-electron chi connectivity index (χ4n) is 3.76. The average Bonchev–Trinajstić information content (AvgIpc) is 2.73. The van der Waals surface area contributed by atoms with E-state index in [-0.39, 0.29) is 0 Å². The van der Waals surface area contributed by atoms with Crippen LogP contribution in [0, 0.1) is 0 Å². The van der Waals surface area contributed by atoms with E-state index in [2.05, 4.69) is 22.2 Å². The third-order valence-electron chi connectivity index (χ3n) is 5.46. The number of ether oxygens (including phenoxy) is 2. The largest absolute Gasteiger partial charge is 0.493 e. The van der Waals surface area contributed by atoms with E-state index in [0.717, 1.165) is 37.4 Å². The molecule has 1 fully saturated rings. The van der Waals surface area contributed by atoms with E-state index in [0.29, 0.717) is 40.1 Å². The van der Waals surface area contributed by atoms with Crippen molar-refractivity contribution in [1.29, 1.82) is 0 Å². The highest BCUT2D eigenvalue weighted by Crippen LogP contribution is 2.35. The first-order chi connectivity index (χ1) is 14.7. The number of benzene rings is 2. The van der Waals surface area contributed by atoms with E-state index in [4.69, 9.17) is 21.1 Å². The number of hydrogen-bond donors (Lipinski definition) is 1. The zero-order chi connectivity index (χ0) is 22.6. The molecule has 0 unspecified atom stereocenters. The summed E-state index contributed by atoms with van der Waals surface area (Å²) in [6, 6.07) is 9.05. The number of nitrogens with one attached hydrogen (secondary N) is 1. The zero-order valence-corrected chi connectivity index (χ0v) is 20.0. The van der Waals surface area contributed by atoms with Gasteiger partial charge in [0.15, 0.2) is 21.3 Å². The Labute approximate surface area is 189 Å². The van der Waals surface area contributed by atoms with Crippen LogP contribution in [0.25, 0.3) is 0 Å².